The van der Waals surface area contributed by atoms with Crippen molar-refractivity contribution >= 4 is 0 Å². The Bertz CT molecular complexity index is 492. The summed E-state index contributed by atoms with van der Waals surface area (Å²) in [6.45, 7) is 4.19. The molecule has 0 aliphatic rings. The van der Waals surface area contributed by atoms with Crippen LogP contribution in [0.2, 0.25) is 0 Å². The number of hydrogen-bond acceptors (Lipinski definition) is 3. The maximum absolute atomic E-state index is 4.97. The van der Waals surface area contributed by atoms with E-state index in [0.29, 0.717) is 5.88 Å². The van der Waals surface area contributed by atoms with Gasteiger partial charge in [0, 0.05) is 11.6 Å². The van der Waals surface area contributed by atoms with Crippen LogP contribution in [0.1, 0.15) is 11.1 Å². The highest BCUT2D eigenvalue weighted by molar-refractivity contribution is 5.60. The second kappa shape index (κ2) is 4.31. The Morgan fingerprint density at radius 2 is 1.75 bits per heavy atom. The van der Waals surface area contributed by atoms with E-state index in [4.69, 9.17) is 4.74 Å². The van der Waals surface area contributed by atoms with Crippen LogP contribution in [-0.4, -0.2) is 17.3 Å². The van der Waals surface area contributed by atoms with Crippen LogP contribution in [0.3, 0.4) is 0 Å². The summed E-state index contributed by atoms with van der Waals surface area (Å²) in [5.41, 5.74) is 4.49. The average Bonchev–Trinajstić information content (AvgIpc) is 2.33. The molecule has 0 unspecified atom stereocenters. The number of hydrogen-bond donors (Lipinski definition) is 0. The highest BCUT2D eigenvalue weighted by atomic mass is 16.5. The number of rotatable bonds is 2. The first kappa shape index (κ1) is 10.6. The first-order valence-corrected chi connectivity index (χ1v) is 5.16. The van der Waals surface area contributed by atoms with Gasteiger partial charge in [-0.2, -0.15) is 0 Å². The summed E-state index contributed by atoms with van der Waals surface area (Å²) in [5.74, 6) is 0.535. The molecule has 0 saturated carbocycles. The molecule has 0 aliphatic heterocycles. The normalized spacial score (nSPS) is 10.2. The fourth-order valence-electron chi connectivity index (χ4n) is 1.48. The van der Waals surface area contributed by atoms with Gasteiger partial charge >= 0.3 is 0 Å². The Kier molecular flexibility index (Phi) is 2.86. The van der Waals surface area contributed by atoms with Crippen LogP contribution >= 0.6 is 0 Å². The van der Waals surface area contributed by atoms with Crippen LogP contribution in [0.4, 0.5) is 0 Å². The first-order chi connectivity index (χ1) is 7.70. The van der Waals surface area contributed by atoms with Gasteiger partial charge in [0.25, 0.3) is 0 Å². The zero-order chi connectivity index (χ0) is 11.5. The van der Waals surface area contributed by atoms with Crippen molar-refractivity contribution in [2.75, 3.05) is 7.11 Å². The smallest absolute Gasteiger partial charge is 0.233 e. The van der Waals surface area contributed by atoms with Gasteiger partial charge in [-0.25, -0.2) is 0 Å². The van der Waals surface area contributed by atoms with Crippen molar-refractivity contribution < 1.29 is 4.74 Å². The third kappa shape index (κ3) is 2.03. The molecule has 16 heavy (non-hydrogen) atoms. The highest BCUT2D eigenvalue weighted by Gasteiger charge is 2.02. The molecule has 3 nitrogen and oxygen atoms in total. The van der Waals surface area contributed by atoms with Crippen LogP contribution in [0.15, 0.2) is 30.3 Å². The molecule has 0 bridgehead atoms. The minimum absolute atomic E-state index is 0.535. The van der Waals surface area contributed by atoms with Gasteiger partial charge in [-0.05, 0) is 37.1 Å². The summed E-state index contributed by atoms with van der Waals surface area (Å²) in [6.07, 6.45) is 0. The third-order valence-electron chi connectivity index (χ3n) is 2.65. The maximum Gasteiger partial charge on any atom is 0.233 e. The lowest BCUT2D eigenvalue weighted by Gasteiger charge is -2.04. The van der Waals surface area contributed by atoms with Crippen molar-refractivity contribution in [3.63, 3.8) is 0 Å². The van der Waals surface area contributed by atoms with Gasteiger partial charge in [0.1, 0.15) is 0 Å². The SMILES string of the molecule is COc1ccc(-c2ccc(C)c(C)c2)nn1. The summed E-state index contributed by atoms with van der Waals surface area (Å²) in [7, 11) is 1.58. The molecule has 3 heteroatoms. The molecule has 82 valence electrons. The molecule has 0 saturated heterocycles. The van der Waals surface area contributed by atoms with Crippen molar-refractivity contribution in [3.05, 3.63) is 41.5 Å². The van der Waals surface area contributed by atoms with Gasteiger partial charge in [-0.15, -0.1) is 10.2 Å². The molecule has 0 aliphatic carbocycles. The molecule has 0 spiro atoms. The number of aryl methyl sites for hydroxylation is 2. The molecule has 0 atom stereocenters. The molecule has 0 radical (unpaired) electrons. The predicted octanol–water partition coefficient (Wildman–Crippen LogP) is 2.77. The van der Waals surface area contributed by atoms with Gasteiger partial charge in [-0.1, -0.05) is 12.1 Å². The lowest BCUT2D eigenvalue weighted by molar-refractivity contribution is 0.392. The molecule has 1 aromatic carbocycles. The van der Waals surface area contributed by atoms with E-state index in [1.54, 1.807) is 7.11 Å². The quantitative estimate of drug-likeness (QED) is 0.771. The number of methoxy groups -OCH3 is 1. The topological polar surface area (TPSA) is 35.0 Å². The third-order valence-corrected chi connectivity index (χ3v) is 2.65. The summed E-state index contributed by atoms with van der Waals surface area (Å²) in [6, 6.07) is 9.99. The molecular formula is C13H14N2O. The monoisotopic (exact) mass is 214 g/mol. The molecule has 1 heterocycles. The largest absolute Gasteiger partial charge is 0.480 e. The molecule has 0 amide bonds. The van der Waals surface area contributed by atoms with Gasteiger partial charge < -0.3 is 4.74 Å². The number of aromatic nitrogens is 2. The van der Waals surface area contributed by atoms with Gasteiger partial charge in [0.15, 0.2) is 0 Å². The van der Waals surface area contributed by atoms with Crippen molar-refractivity contribution in [1.29, 1.82) is 0 Å². The fraction of sp³-hybridized carbons (Fsp3) is 0.231. The molecule has 0 fully saturated rings. The molecule has 2 aromatic rings. The number of nitrogens with zero attached hydrogens (tertiary/aromatic N) is 2. The Balaban J connectivity index is 2.38. The van der Waals surface area contributed by atoms with E-state index in [-0.39, 0.29) is 0 Å². The summed E-state index contributed by atoms with van der Waals surface area (Å²) in [4.78, 5) is 0. The Labute approximate surface area is 95.1 Å². The first-order valence-electron chi connectivity index (χ1n) is 5.16. The number of benzene rings is 1. The zero-order valence-corrected chi connectivity index (χ0v) is 9.69. The fourth-order valence-corrected chi connectivity index (χ4v) is 1.48. The second-order valence-corrected chi connectivity index (χ2v) is 3.76. The summed E-state index contributed by atoms with van der Waals surface area (Å²) < 4.78 is 4.97. The van der Waals surface area contributed by atoms with Crippen LogP contribution in [0.5, 0.6) is 5.88 Å². The Hall–Kier alpha value is -1.90. The molecule has 0 N–H and O–H groups in total. The Morgan fingerprint density at radius 3 is 2.31 bits per heavy atom. The predicted molar refractivity (Wildman–Crippen MR) is 63.5 cm³/mol. The lowest BCUT2D eigenvalue weighted by atomic mass is 10.0. The summed E-state index contributed by atoms with van der Waals surface area (Å²) >= 11 is 0. The maximum atomic E-state index is 4.97. The van der Waals surface area contributed by atoms with Crippen molar-refractivity contribution in [3.8, 4) is 17.1 Å². The van der Waals surface area contributed by atoms with E-state index in [1.807, 2.05) is 12.1 Å². The van der Waals surface area contributed by atoms with E-state index in [0.717, 1.165) is 11.3 Å². The van der Waals surface area contributed by atoms with Crippen molar-refractivity contribution in [2.24, 2.45) is 0 Å². The van der Waals surface area contributed by atoms with Crippen molar-refractivity contribution in [1.82, 2.24) is 10.2 Å². The van der Waals surface area contributed by atoms with Gasteiger partial charge in [0.05, 0.1) is 12.8 Å². The average molecular weight is 214 g/mol. The van der Waals surface area contributed by atoms with E-state index >= 15 is 0 Å². The van der Waals surface area contributed by atoms with E-state index in [1.165, 1.54) is 11.1 Å². The Morgan fingerprint density at radius 1 is 0.938 bits per heavy atom. The molecule has 1 aromatic heterocycles. The van der Waals surface area contributed by atoms with Crippen LogP contribution in [-0.2, 0) is 0 Å². The van der Waals surface area contributed by atoms with Crippen molar-refractivity contribution in [2.45, 2.75) is 13.8 Å². The van der Waals surface area contributed by atoms with Crippen LogP contribution < -0.4 is 4.74 Å². The second-order valence-electron chi connectivity index (χ2n) is 3.76. The van der Waals surface area contributed by atoms with Gasteiger partial charge in [0.2, 0.25) is 5.88 Å². The summed E-state index contributed by atoms with van der Waals surface area (Å²) in [5, 5.41) is 8.07. The highest BCUT2D eigenvalue weighted by Crippen LogP contribution is 2.20. The van der Waals surface area contributed by atoms with E-state index in [2.05, 4.69) is 42.2 Å². The standard InChI is InChI=1S/C13H14N2O/c1-9-4-5-11(8-10(9)2)12-6-7-13(16-3)15-14-12/h4-8H,1-3H3. The van der Waals surface area contributed by atoms with E-state index in [9.17, 15) is 0 Å². The number of ether oxygens (including phenoxy) is 1. The zero-order valence-electron chi connectivity index (χ0n) is 9.69. The van der Waals surface area contributed by atoms with Crippen LogP contribution in [0.25, 0.3) is 11.3 Å². The lowest BCUT2D eigenvalue weighted by Crippen LogP contribution is -1.92. The minimum Gasteiger partial charge on any atom is -0.480 e. The van der Waals surface area contributed by atoms with Crippen LogP contribution in [0, 0.1) is 13.8 Å². The van der Waals surface area contributed by atoms with E-state index < -0.39 is 0 Å². The minimum atomic E-state index is 0.535. The molecule has 2 rings (SSSR count). The molecular weight excluding hydrogens is 200 g/mol. The van der Waals surface area contributed by atoms with Gasteiger partial charge in [-0.3, -0.25) is 0 Å².